The third kappa shape index (κ3) is 4.12. The molecule has 3 aromatic heterocycles. The average molecular weight is 366 g/mol. The van der Waals surface area contributed by atoms with Crippen LogP contribution in [-0.2, 0) is 11.8 Å². The lowest BCUT2D eigenvalue weighted by atomic mass is 10.1. The second kappa shape index (κ2) is 7.42. The Morgan fingerprint density at radius 3 is 2.70 bits per heavy atom. The number of carbonyl (C=O) groups excluding carboxylic acids is 1. The van der Waals surface area contributed by atoms with Gasteiger partial charge >= 0.3 is 0 Å². The van der Waals surface area contributed by atoms with Crippen LogP contribution in [0.15, 0.2) is 36.9 Å². The summed E-state index contributed by atoms with van der Waals surface area (Å²) in [7, 11) is 1.87. The Bertz CT molecular complexity index is 962. The van der Waals surface area contributed by atoms with Crippen molar-refractivity contribution in [2.24, 2.45) is 7.05 Å². The minimum absolute atomic E-state index is 0.0974. The molecule has 3 aromatic rings. The van der Waals surface area contributed by atoms with Gasteiger partial charge in [-0.2, -0.15) is 5.10 Å². The zero-order chi connectivity index (χ0) is 18.8. The lowest BCUT2D eigenvalue weighted by Crippen LogP contribution is -2.40. The number of carbonyl (C=O) groups is 1. The normalized spacial score (nSPS) is 15.9. The molecule has 0 unspecified atom stereocenters. The van der Waals surface area contributed by atoms with Crippen molar-refractivity contribution in [3.63, 3.8) is 0 Å². The number of amides is 1. The van der Waals surface area contributed by atoms with E-state index < -0.39 is 0 Å². The van der Waals surface area contributed by atoms with Crippen LogP contribution in [0.5, 0.6) is 0 Å². The van der Waals surface area contributed by atoms with Gasteiger partial charge in [-0.3, -0.25) is 19.4 Å². The summed E-state index contributed by atoms with van der Waals surface area (Å²) >= 11 is 0. The number of aliphatic hydroxyl groups is 1. The molecule has 1 fully saturated rings. The van der Waals surface area contributed by atoms with Crippen LogP contribution in [0.1, 0.15) is 12.8 Å². The summed E-state index contributed by atoms with van der Waals surface area (Å²) in [6.45, 7) is 1.78. The van der Waals surface area contributed by atoms with Gasteiger partial charge in [0.1, 0.15) is 5.82 Å². The van der Waals surface area contributed by atoms with Crippen LogP contribution in [0.4, 0.5) is 5.82 Å². The molecule has 0 bridgehead atoms. The van der Waals surface area contributed by atoms with E-state index in [1.807, 2.05) is 30.3 Å². The van der Waals surface area contributed by atoms with Crippen LogP contribution in [0.25, 0.3) is 22.0 Å². The molecular formula is C19H22N6O2. The van der Waals surface area contributed by atoms with Crippen LogP contribution in [0, 0.1) is 0 Å². The minimum atomic E-state index is -0.242. The predicted molar refractivity (Wildman–Crippen MR) is 102 cm³/mol. The van der Waals surface area contributed by atoms with E-state index in [0.717, 1.165) is 35.1 Å². The van der Waals surface area contributed by atoms with Gasteiger partial charge < -0.3 is 10.4 Å². The van der Waals surface area contributed by atoms with Crippen molar-refractivity contribution in [1.82, 2.24) is 24.6 Å². The largest absolute Gasteiger partial charge is 0.393 e. The minimum Gasteiger partial charge on any atom is -0.393 e. The highest BCUT2D eigenvalue weighted by Gasteiger charge is 2.19. The van der Waals surface area contributed by atoms with Crippen LogP contribution >= 0.6 is 0 Å². The molecular weight excluding hydrogens is 344 g/mol. The topological polar surface area (TPSA) is 96.2 Å². The Morgan fingerprint density at radius 2 is 1.96 bits per heavy atom. The van der Waals surface area contributed by atoms with Crippen molar-refractivity contribution in [1.29, 1.82) is 0 Å². The van der Waals surface area contributed by atoms with Gasteiger partial charge in [-0.15, -0.1) is 0 Å². The van der Waals surface area contributed by atoms with E-state index in [2.05, 4.69) is 20.4 Å². The van der Waals surface area contributed by atoms with E-state index in [-0.39, 0.29) is 12.0 Å². The van der Waals surface area contributed by atoms with Gasteiger partial charge in [-0.1, -0.05) is 0 Å². The van der Waals surface area contributed by atoms with Crippen molar-refractivity contribution in [2.45, 2.75) is 18.9 Å². The van der Waals surface area contributed by atoms with Gasteiger partial charge in [0.05, 0.1) is 24.5 Å². The Hall–Kier alpha value is -2.84. The van der Waals surface area contributed by atoms with E-state index in [9.17, 15) is 9.90 Å². The summed E-state index contributed by atoms with van der Waals surface area (Å²) in [5.74, 6) is 0.424. The molecule has 1 aliphatic heterocycles. The smallest absolute Gasteiger partial charge is 0.239 e. The standard InChI is InChI=1S/C19H22N6O2/c1-24-11-15(10-22-24)17-6-13-7-18(21-9-14(13)8-20-17)23-19(27)12-25-4-2-16(26)3-5-25/h6-11,16,26H,2-5,12H2,1H3,(H,21,23,27). The number of hydrogen-bond acceptors (Lipinski definition) is 6. The fourth-order valence-electron chi connectivity index (χ4n) is 3.28. The second-order valence-corrected chi connectivity index (χ2v) is 6.94. The first-order valence-electron chi connectivity index (χ1n) is 9.02. The SMILES string of the molecule is Cn1cc(-c2cc3cc(NC(=O)CN4CCC(O)CC4)ncc3cn2)cn1. The van der Waals surface area contributed by atoms with E-state index in [1.165, 1.54) is 0 Å². The first kappa shape index (κ1) is 17.6. The highest BCUT2D eigenvalue weighted by Crippen LogP contribution is 2.22. The van der Waals surface area contributed by atoms with Gasteiger partial charge in [0, 0.05) is 49.7 Å². The lowest BCUT2D eigenvalue weighted by molar-refractivity contribution is -0.117. The van der Waals surface area contributed by atoms with Gasteiger partial charge in [0.25, 0.3) is 0 Å². The Kier molecular flexibility index (Phi) is 4.83. The summed E-state index contributed by atoms with van der Waals surface area (Å²) in [6, 6.07) is 3.82. The van der Waals surface area contributed by atoms with Gasteiger partial charge in [0.2, 0.25) is 5.91 Å². The second-order valence-electron chi connectivity index (χ2n) is 6.94. The molecule has 1 amide bonds. The number of aromatic nitrogens is 4. The summed E-state index contributed by atoms with van der Waals surface area (Å²) in [4.78, 5) is 23.1. The summed E-state index contributed by atoms with van der Waals surface area (Å²) in [5, 5.41) is 18.5. The van der Waals surface area contributed by atoms with Crippen molar-refractivity contribution in [2.75, 3.05) is 25.0 Å². The Labute approximate surface area is 156 Å². The predicted octanol–water partition coefficient (Wildman–Crippen LogP) is 1.43. The zero-order valence-electron chi connectivity index (χ0n) is 15.2. The molecule has 1 saturated heterocycles. The molecule has 0 aliphatic carbocycles. The number of fused-ring (bicyclic) bond motifs is 1. The van der Waals surface area contributed by atoms with Crippen LogP contribution < -0.4 is 5.32 Å². The molecule has 8 heteroatoms. The van der Waals surface area contributed by atoms with E-state index in [4.69, 9.17) is 0 Å². The molecule has 2 N–H and O–H groups in total. The molecule has 4 heterocycles. The molecule has 0 aromatic carbocycles. The quantitative estimate of drug-likeness (QED) is 0.725. The van der Waals surface area contributed by atoms with Gasteiger partial charge in [-0.25, -0.2) is 4.98 Å². The van der Waals surface area contributed by atoms with Crippen LogP contribution in [0.2, 0.25) is 0 Å². The highest BCUT2D eigenvalue weighted by molar-refractivity contribution is 5.94. The molecule has 1 aliphatic rings. The Morgan fingerprint density at radius 1 is 1.19 bits per heavy atom. The number of aryl methyl sites for hydroxylation is 1. The maximum Gasteiger partial charge on any atom is 0.239 e. The number of nitrogens with one attached hydrogen (secondary N) is 1. The van der Waals surface area contributed by atoms with E-state index in [0.29, 0.717) is 25.2 Å². The lowest BCUT2D eigenvalue weighted by Gasteiger charge is -2.28. The zero-order valence-corrected chi connectivity index (χ0v) is 15.2. The highest BCUT2D eigenvalue weighted by atomic mass is 16.3. The summed E-state index contributed by atoms with van der Waals surface area (Å²) in [5.41, 5.74) is 1.76. The molecule has 27 heavy (non-hydrogen) atoms. The van der Waals surface area contributed by atoms with E-state index in [1.54, 1.807) is 23.3 Å². The molecule has 0 saturated carbocycles. The van der Waals surface area contributed by atoms with Gasteiger partial charge in [0.15, 0.2) is 0 Å². The molecule has 0 radical (unpaired) electrons. The maximum atomic E-state index is 12.3. The number of hydrogen-bond donors (Lipinski definition) is 2. The number of aliphatic hydroxyl groups excluding tert-OH is 1. The fourth-order valence-corrected chi connectivity index (χ4v) is 3.28. The van der Waals surface area contributed by atoms with E-state index >= 15 is 0 Å². The van der Waals surface area contributed by atoms with Gasteiger partial charge in [-0.05, 0) is 30.4 Å². The monoisotopic (exact) mass is 366 g/mol. The van der Waals surface area contributed by atoms with Crippen LogP contribution in [0.3, 0.4) is 0 Å². The first-order chi connectivity index (χ1) is 13.1. The molecule has 140 valence electrons. The number of piperidine rings is 1. The summed E-state index contributed by atoms with van der Waals surface area (Å²) < 4.78 is 1.74. The van der Waals surface area contributed by atoms with Crippen molar-refractivity contribution in [3.05, 3.63) is 36.9 Å². The number of nitrogens with zero attached hydrogens (tertiary/aromatic N) is 5. The number of rotatable bonds is 4. The Balaban J connectivity index is 1.48. The molecule has 4 rings (SSSR count). The summed E-state index contributed by atoms with van der Waals surface area (Å²) in [6.07, 6.45) is 8.35. The van der Waals surface area contributed by atoms with Crippen molar-refractivity contribution < 1.29 is 9.90 Å². The maximum absolute atomic E-state index is 12.3. The number of pyridine rings is 2. The number of likely N-dealkylation sites (tertiary alicyclic amines) is 1. The number of anilines is 1. The molecule has 8 nitrogen and oxygen atoms in total. The first-order valence-corrected chi connectivity index (χ1v) is 9.02. The molecule has 0 atom stereocenters. The van der Waals surface area contributed by atoms with Crippen LogP contribution in [-0.4, -0.2) is 61.4 Å². The van der Waals surface area contributed by atoms with Crippen molar-refractivity contribution >= 4 is 22.5 Å². The third-order valence-corrected chi connectivity index (χ3v) is 4.80. The fraction of sp³-hybridized carbons (Fsp3) is 0.368. The average Bonchev–Trinajstić information content (AvgIpc) is 3.09. The molecule has 0 spiro atoms. The van der Waals surface area contributed by atoms with Crippen molar-refractivity contribution in [3.8, 4) is 11.3 Å². The third-order valence-electron chi connectivity index (χ3n) is 4.80.